The number of nitrogens with zero attached hydrogens (tertiary/aromatic N) is 1. The van der Waals surface area contributed by atoms with Crippen LogP contribution in [0.2, 0.25) is 0 Å². The van der Waals surface area contributed by atoms with Crippen LogP contribution in [0.1, 0.15) is 18.6 Å². The Morgan fingerprint density at radius 1 is 1.07 bits per heavy atom. The molecule has 2 rings (SSSR count). The SMILES string of the molecule is CC(O)c1ccc(-c2ccccn2)cc1. The average molecular weight is 199 g/mol. The van der Waals surface area contributed by atoms with Crippen LogP contribution < -0.4 is 0 Å². The largest absolute Gasteiger partial charge is 0.389 e. The predicted octanol–water partition coefficient (Wildman–Crippen LogP) is 2.80. The summed E-state index contributed by atoms with van der Waals surface area (Å²) < 4.78 is 0. The topological polar surface area (TPSA) is 33.1 Å². The number of aromatic nitrogens is 1. The van der Waals surface area contributed by atoms with E-state index in [4.69, 9.17) is 0 Å². The number of hydrogen-bond donors (Lipinski definition) is 1. The van der Waals surface area contributed by atoms with Gasteiger partial charge in [0.1, 0.15) is 0 Å². The zero-order valence-electron chi connectivity index (χ0n) is 8.59. The lowest BCUT2D eigenvalue weighted by Crippen LogP contribution is -1.90. The maximum absolute atomic E-state index is 9.37. The molecule has 1 unspecified atom stereocenters. The molecule has 0 bridgehead atoms. The molecule has 0 spiro atoms. The quantitative estimate of drug-likeness (QED) is 0.806. The van der Waals surface area contributed by atoms with E-state index in [9.17, 15) is 5.11 Å². The fraction of sp³-hybridized carbons (Fsp3) is 0.154. The molecule has 1 heterocycles. The maximum atomic E-state index is 9.37. The van der Waals surface area contributed by atoms with Crippen LogP contribution in [0, 0.1) is 0 Å². The first kappa shape index (κ1) is 9.87. The number of hydrogen-bond acceptors (Lipinski definition) is 2. The molecule has 0 aliphatic rings. The lowest BCUT2D eigenvalue weighted by atomic mass is 10.1. The van der Waals surface area contributed by atoms with Crippen molar-refractivity contribution in [2.45, 2.75) is 13.0 Å². The lowest BCUT2D eigenvalue weighted by molar-refractivity contribution is 0.199. The first-order valence-corrected chi connectivity index (χ1v) is 4.97. The van der Waals surface area contributed by atoms with Gasteiger partial charge in [-0.15, -0.1) is 0 Å². The summed E-state index contributed by atoms with van der Waals surface area (Å²) >= 11 is 0. The summed E-state index contributed by atoms with van der Waals surface area (Å²) in [6.45, 7) is 1.76. The number of pyridine rings is 1. The van der Waals surface area contributed by atoms with Gasteiger partial charge in [-0.1, -0.05) is 30.3 Å². The van der Waals surface area contributed by atoms with Gasteiger partial charge in [-0.2, -0.15) is 0 Å². The summed E-state index contributed by atoms with van der Waals surface area (Å²) in [7, 11) is 0. The molecule has 0 amide bonds. The zero-order valence-corrected chi connectivity index (χ0v) is 8.59. The van der Waals surface area contributed by atoms with Gasteiger partial charge in [0.2, 0.25) is 0 Å². The van der Waals surface area contributed by atoms with Crippen LogP contribution in [-0.4, -0.2) is 10.1 Å². The summed E-state index contributed by atoms with van der Waals surface area (Å²) in [4.78, 5) is 4.26. The standard InChI is InChI=1S/C13H13NO/c1-10(15)11-5-7-12(8-6-11)13-4-2-3-9-14-13/h2-10,15H,1H3. The number of aliphatic hydroxyl groups is 1. The highest BCUT2D eigenvalue weighted by molar-refractivity contribution is 5.59. The molecule has 15 heavy (non-hydrogen) atoms. The predicted molar refractivity (Wildman–Crippen MR) is 60.3 cm³/mol. The fourth-order valence-corrected chi connectivity index (χ4v) is 1.47. The highest BCUT2D eigenvalue weighted by Gasteiger charge is 2.01. The van der Waals surface area contributed by atoms with Crippen LogP contribution in [0.5, 0.6) is 0 Å². The van der Waals surface area contributed by atoms with Crippen molar-refractivity contribution in [3.8, 4) is 11.3 Å². The van der Waals surface area contributed by atoms with Gasteiger partial charge < -0.3 is 5.11 Å². The molecule has 1 aromatic heterocycles. The molecular weight excluding hydrogens is 186 g/mol. The lowest BCUT2D eigenvalue weighted by Gasteiger charge is -2.05. The summed E-state index contributed by atoms with van der Waals surface area (Å²) in [5.74, 6) is 0. The normalized spacial score (nSPS) is 12.4. The minimum absolute atomic E-state index is 0.414. The molecule has 0 aliphatic carbocycles. The Labute approximate surface area is 89.2 Å². The molecule has 0 saturated heterocycles. The summed E-state index contributed by atoms with van der Waals surface area (Å²) in [6.07, 6.45) is 1.36. The first-order chi connectivity index (χ1) is 7.27. The van der Waals surface area contributed by atoms with Crippen LogP contribution in [0.15, 0.2) is 48.7 Å². The second-order valence-corrected chi connectivity index (χ2v) is 3.51. The molecule has 0 fully saturated rings. The molecule has 0 aliphatic heterocycles. The van der Waals surface area contributed by atoms with E-state index in [1.54, 1.807) is 13.1 Å². The number of aliphatic hydroxyl groups excluding tert-OH is 1. The van der Waals surface area contributed by atoms with Gasteiger partial charge in [0, 0.05) is 11.8 Å². The van der Waals surface area contributed by atoms with Gasteiger partial charge in [0.05, 0.1) is 11.8 Å². The van der Waals surface area contributed by atoms with Gasteiger partial charge in [-0.3, -0.25) is 4.98 Å². The third-order valence-electron chi connectivity index (χ3n) is 2.35. The molecular formula is C13H13NO. The second kappa shape index (κ2) is 4.24. The van der Waals surface area contributed by atoms with E-state index >= 15 is 0 Å². The van der Waals surface area contributed by atoms with E-state index in [1.165, 1.54) is 0 Å². The van der Waals surface area contributed by atoms with E-state index in [0.717, 1.165) is 16.8 Å². The molecule has 1 aromatic carbocycles. The maximum Gasteiger partial charge on any atom is 0.0761 e. The zero-order chi connectivity index (χ0) is 10.7. The molecule has 2 nitrogen and oxygen atoms in total. The molecule has 1 N–H and O–H groups in total. The van der Waals surface area contributed by atoms with Gasteiger partial charge in [0.25, 0.3) is 0 Å². The Balaban J connectivity index is 2.32. The van der Waals surface area contributed by atoms with Crippen LogP contribution >= 0.6 is 0 Å². The van der Waals surface area contributed by atoms with E-state index in [-0.39, 0.29) is 0 Å². The molecule has 2 heteroatoms. The van der Waals surface area contributed by atoms with Gasteiger partial charge >= 0.3 is 0 Å². The average Bonchev–Trinajstić information content (AvgIpc) is 2.30. The van der Waals surface area contributed by atoms with Gasteiger partial charge in [0.15, 0.2) is 0 Å². The molecule has 1 atom stereocenters. The Kier molecular flexibility index (Phi) is 2.79. The van der Waals surface area contributed by atoms with Crippen LogP contribution in [0.25, 0.3) is 11.3 Å². The summed E-state index contributed by atoms with van der Waals surface area (Å²) in [6, 6.07) is 13.6. The minimum atomic E-state index is -0.414. The Morgan fingerprint density at radius 3 is 2.33 bits per heavy atom. The summed E-state index contributed by atoms with van der Waals surface area (Å²) in [5, 5.41) is 9.37. The van der Waals surface area contributed by atoms with Crippen molar-refractivity contribution in [2.24, 2.45) is 0 Å². The molecule has 76 valence electrons. The van der Waals surface area contributed by atoms with E-state index in [1.807, 2.05) is 42.5 Å². The highest BCUT2D eigenvalue weighted by Crippen LogP contribution is 2.19. The molecule has 0 radical (unpaired) electrons. The van der Waals surface area contributed by atoms with Crippen molar-refractivity contribution in [3.63, 3.8) is 0 Å². The Bertz CT molecular complexity index is 420. The third kappa shape index (κ3) is 2.22. The van der Waals surface area contributed by atoms with Crippen molar-refractivity contribution in [1.82, 2.24) is 4.98 Å². The van der Waals surface area contributed by atoms with E-state index < -0.39 is 6.10 Å². The first-order valence-electron chi connectivity index (χ1n) is 4.97. The number of rotatable bonds is 2. The van der Waals surface area contributed by atoms with E-state index in [0.29, 0.717) is 0 Å². The third-order valence-corrected chi connectivity index (χ3v) is 2.35. The second-order valence-electron chi connectivity index (χ2n) is 3.51. The van der Waals surface area contributed by atoms with Crippen LogP contribution in [0.3, 0.4) is 0 Å². The van der Waals surface area contributed by atoms with E-state index in [2.05, 4.69) is 4.98 Å². The van der Waals surface area contributed by atoms with Crippen molar-refractivity contribution in [1.29, 1.82) is 0 Å². The molecule has 0 saturated carbocycles. The monoisotopic (exact) mass is 199 g/mol. The van der Waals surface area contributed by atoms with Crippen molar-refractivity contribution in [3.05, 3.63) is 54.2 Å². The van der Waals surface area contributed by atoms with Crippen molar-refractivity contribution in [2.75, 3.05) is 0 Å². The highest BCUT2D eigenvalue weighted by atomic mass is 16.3. The van der Waals surface area contributed by atoms with Gasteiger partial charge in [-0.25, -0.2) is 0 Å². The Morgan fingerprint density at radius 2 is 1.80 bits per heavy atom. The Hall–Kier alpha value is -1.67. The van der Waals surface area contributed by atoms with Crippen LogP contribution in [0.4, 0.5) is 0 Å². The fourth-order valence-electron chi connectivity index (χ4n) is 1.47. The van der Waals surface area contributed by atoms with Crippen LogP contribution in [-0.2, 0) is 0 Å². The molecule has 2 aromatic rings. The summed E-state index contributed by atoms with van der Waals surface area (Å²) in [5.41, 5.74) is 2.95. The van der Waals surface area contributed by atoms with Gasteiger partial charge in [-0.05, 0) is 24.6 Å². The number of benzene rings is 1. The minimum Gasteiger partial charge on any atom is -0.389 e. The smallest absolute Gasteiger partial charge is 0.0761 e. The van der Waals surface area contributed by atoms with Crippen molar-refractivity contribution >= 4 is 0 Å². The van der Waals surface area contributed by atoms with Crippen molar-refractivity contribution < 1.29 is 5.11 Å².